The number of hydrogen-bond donors (Lipinski definition) is 1. The Hall–Kier alpha value is -3.16. The van der Waals surface area contributed by atoms with Crippen molar-refractivity contribution in [2.24, 2.45) is 0 Å². The Morgan fingerprint density at radius 2 is 2.07 bits per heavy atom. The number of nitrogens with one attached hydrogen (secondary N) is 1. The highest BCUT2D eigenvalue weighted by Gasteiger charge is 2.14. The zero-order chi connectivity index (χ0) is 20.4. The number of rotatable bonds is 5. The topological polar surface area (TPSA) is 69.0 Å². The lowest BCUT2D eigenvalue weighted by molar-refractivity contribution is -0.111. The first-order valence-corrected chi connectivity index (χ1v) is 9.98. The third kappa shape index (κ3) is 4.16. The van der Waals surface area contributed by atoms with Crippen molar-refractivity contribution in [2.45, 2.75) is 6.92 Å². The van der Waals surface area contributed by atoms with Crippen LogP contribution in [-0.2, 0) is 4.79 Å². The van der Waals surface area contributed by atoms with Gasteiger partial charge in [-0.15, -0.1) is 0 Å². The standard InChI is InChI=1S/C21H17ClN4O2S/c1-13-11-19(24-20(27)10-7-14-5-3-4-6-16(14)22)26(25-13)21-23-17-9-8-15(28-2)12-18(17)29-21/h3-12H,1-2H3,(H,24,27)/b10-7+. The summed E-state index contributed by atoms with van der Waals surface area (Å²) in [5.74, 6) is 1.03. The molecule has 29 heavy (non-hydrogen) atoms. The fourth-order valence-electron chi connectivity index (χ4n) is 2.79. The van der Waals surface area contributed by atoms with Gasteiger partial charge in [0.15, 0.2) is 0 Å². The predicted octanol–water partition coefficient (Wildman–Crippen LogP) is 5.10. The number of amides is 1. The lowest BCUT2D eigenvalue weighted by Gasteiger charge is -2.04. The van der Waals surface area contributed by atoms with Crippen LogP contribution in [0.5, 0.6) is 5.75 Å². The van der Waals surface area contributed by atoms with E-state index in [9.17, 15) is 4.79 Å². The quantitative estimate of drug-likeness (QED) is 0.452. The maximum Gasteiger partial charge on any atom is 0.249 e. The molecule has 2 heterocycles. The van der Waals surface area contributed by atoms with E-state index in [0.717, 1.165) is 27.2 Å². The van der Waals surface area contributed by atoms with Crippen molar-refractivity contribution in [3.8, 4) is 10.9 Å². The Morgan fingerprint density at radius 3 is 2.86 bits per heavy atom. The maximum absolute atomic E-state index is 12.4. The Labute approximate surface area is 176 Å². The maximum atomic E-state index is 12.4. The molecule has 0 saturated heterocycles. The molecule has 1 N–H and O–H groups in total. The molecule has 0 aliphatic carbocycles. The normalized spacial score (nSPS) is 11.3. The number of aryl methyl sites for hydroxylation is 1. The monoisotopic (exact) mass is 424 g/mol. The lowest BCUT2D eigenvalue weighted by atomic mass is 10.2. The van der Waals surface area contributed by atoms with E-state index in [1.165, 1.54) is 17.4 Å². The van der Waals surface area contributed by atoms with Gasteiger partial charge in [0.2, 0.25) is 11.0 Å². The van der Waals surface area contributed by atoms with Gasteiger partial charge in [-0.2, -0.15) is 9.78 Å². The highest BCUT2D eigenvalue weighted by molar-refractivity contribution is 7.20. The molecule has 0 saturated carbocycles. The van der Waals surface area contributed by atoms with Crippen LogP contribution in [0.2, 0.25) is 5.02 Å². The molecule has 0 spiro atoms. The van der Waals surface area contributed by atoms with E-state index in [0.29, 0.717) is 16.0 Å². The number of aromatic nitrogens is 3. The minimum atomic E-state index is -0.283. The third-order valence-electron chi connectivity index (χ3n) is 4.17. The number of anilines is 1. The summed E-state index contributed by atoms with van der Waals surface area (Å²) in [6, 6.07) is 14.8. The van der Waals surface area contributed by atoms with Gasteiger partial charge in [-0.1, -0.05) is 41.1 Å². The largest absolute Gasteiger partial charge is 0.497 e. The van der Waals surface area contributed by atoms with Gasteiger partial charge < -0.3 is 10.1 Å². The molecule has 2 aromatic heterocycles. The number of nitrogens with zero attached hydrogens (tertiary/aromatic N) is 3. The molecule has 0 aliphatic heterocycles. The Balaban J connectivity index is 1.60. The van der Waals surface area contributed by atoms with E-state index in [1.54, 1.807) is 30.0 Å². The molecule has 1 amide bonds. The summed E-state index contributed by atoms with van der Waals surface area (Å²) >= 11 is 7.59. The fourth-order valence-corrected chi connectivity index (χ4v) is 3.95. The number of benzene rings is 2. The Morgan fingerprint density at radius 1 is 1.24 bits per heavy atom. The van der Waals surface area contributed by atoms with E-state index in [-0.39, 0.29) is 5.91 Å². The molecule has 4 rings (SSSR count). The van der Waals surface area contributed by atoms with Gasteiger partial charge in [0.1, 0.15) is 11.6 Å². The first-order valence-electron chi connectivity index (χ1n) is 8.79. The second-order valence-corrected chi connectivity index (χ2v) is 7.67. The molecule has 146 valence electrons. The highest BCUT2D eigenvalue weighted by Crippen LogP contribution is 2.30. The van der Waals surface area contributed by atoms with Crippen LogP contribution in [-0.4, -0.2) is 27.8 Å². The Kier molecular flexibility index (Phi) is 5.33. The number of fused-ring (bicyclic) bond motifs is 1. The van der Waals surface area contributed by atoms with Crippen LogP contribution < -0.4 is 10.1 Å². The average molecular weight is 425 g/mol. The molecule has 0 unspecified atom stereocenters. The SMILES string of the molecule is COc1ccc2nc(-n3nc(C)cc3NC(=O)/C=C/c3ccccc3Cl)sc2c1. The van der Waals surface area contributed by atoms with Crippen LogP contribution in [0.3, 0.4) is 0 Å². The molecule has 0 fully saturated rings. The van der Waals surface area contributed by atoms with Crippen molar-refractivity contribution in [2.75, 3.05) is 12.4 Å². The molecular formula is C21H17ClN4O2S. The number of halogens is 1. The smallest absolute Gasteiger partial charge is 0.249 e. The molecular weight excluding hydrogens is 408 g/mol. The summed E-state index contributed by atoms with van der Waals surface area (Å²) in [5, 5.41) is 8.58. The number of carbonyl (C=O) groups excluding carboxylic acids is 1. The van der Waals surface area contributed by atoms with Crippen LogP contribution in [0.25, 0.3) is 21.4 Å². The zero-order valence-electron chi connectivity index (χ0n) is 15.7. The zero-order valence-corrected chi connectivity index (χ0v) is 17.3. The van der Waals surface area contributed by atoms with E-state index >= 15 is 0 Å². The molecule has 0 radical (unpaired) electrons. The summed E-state index contributed by atoms with van der Waals surface area (Å²) in [5.41, 5.74) is 2.39. The summed E-state index contributed by atoms with van der Waals surface area (Å²) in [4.78, 5) is 17.1. The van der Waals surface area contributed by atoms with E-state index in [2.05, 4.69) is 15.4 Å². The summed E-state index contributed by atoms with van der Waals surface area (Å²) < 4.78 is 7.88. The first kappa shape index (κ1) is 19.2. The second kappa shape index (κ2) is 8.06. The van der Waals surface area contributed by atoms with Crippen molar-refractivity contribution < 1.29 is 9.53 Å². The number of hydrogen-bond acceptors (Lipinski definition) is 5. The van der Waals surface area contributed by atoms with Crippen molar-refractivity contribution in [1.29, 1.82) is 0 Å². The molecule has 0 atom stereocenters. The number of methoxy groups -OCH3 is 1. The highest BCUT2D eigenvalue weighted by atomic mass is 35.5. The van der Waals surface area contributed by atoms with Crippen molar-refractivity contribution in [3.05, 3.63) is 70.9 Å². The number of thiazole rings is 1. The third-order valence-corrected chi connectivity index (χ3v) is 5.51. The summed E-state index contributed by atoms with van der Waals surface area (Å²) in [7, 11) is 1.63. The van der Waals surface area contributed by atoms with Gasteiger partial charge in [-0.3, -0.25) is 4.79 Å². The predicted molar refractivity (Wildman–Crippen MR) is 117 cm³/mol. The van der Waals surface area contributed by atoms with Crippen LogP contribution in [0.1, 0.15) is 11.3 Å². The van der Waals surface area contributed by atoms with Gasteiger partial charge in [0.25, 0.3) is 0 Å². The molecule has 6 nitrogen and oxygen atoms in total. The average Bonchev–Trinajstić information content (AvgIpc) is 3.29. The minimum Gasteiger partial charge on any atom is -0.497 e. The van der Waals surface area contributed by atoms with Crippen LogP contribution in [0.4, 0.5) is 5.82 Å². The van der Waals surface area contributed by atoms with Crippen LogP contribution in [0.15, 0.2) is 54.6 Å². The summed E-state index contributed by atoms with van der Waals surface area (Å²) in [6.07, 6.45) is 3.12. The number of carbonyl (C=O) groups is 1. The molecule has 2 aromatic carbocycles. The van der Waals surface area contributed by atoms with Gasteiger partial charge in [-0.05, 0) is 42.8 Å². The first-order chi connectivity index (χ1) is 14.0. The van der Waals surface area contributed by atoms with Crippen molar-refractivity contribution >= 4 is 51.0 Å². The molecule has 4 aromatic rings. The van der Waals surface area contributed by atoms with E-state index in [1.807, 2.05) is 43.3 Å². The minimum absolute atomic E-state index is 0.283. The van der Waals surface area contributed by atoms with Crippen molar-refractivity contribution in [3.63, 3.8) is 0 Å². The van der Waals surface area contributed by atoms with Crippen molar-refractivity contribution in [1.82, 2.24) is 14.8 Å². The second-order valence-electron chi connectivity index (χ2n) is 6.26. The van der Waals surface area contributed by atoms with Gasteiger partial charge in [0, 0.05) is 17.2 Å². The lowest BCUT2D eigenvalue weighted by Crippen LogP contribution is -2.12. The van der Waals surface area contributed by atoms with Gasteiger partial charge in [-0.25, -0.2) is 4.98 Å². The molecule has 0 bridgehead atoms. The molecule has 8 heteroatoms. The van der Waals surface area contributed by atoms with E-state index in [4.69, 9.17) is 16.3 Å². The fraction of sp³-hybridized carbons (Fsp3) is 0.0952. The van der Waals surface area contributed by atoms with Crippen LogP contribution in [0, 0.1) is 6.92 Å². The van der Waals surface area contributed by atoms with Gasteiger partial charge in [0.05, 0.1) is 23.0 Å². The Bertz CT molecular complexity index is 1230. The van der Waals surface area contributed by atoms with Gasteiger partial charge >= 0.3 is 0 Å². The molecule has 0 aliphatic rings. The summed E-state index contributed by atoms with van der Waals surface area (Å²) in [6.45, 7) is 1.86. The van der Waals surface area contributed by atoms with E-state index < -0.39 is 0 Å². The van der Waals surface area contributed by atoms with Crippen LogP contribution >= 0.6 is 22.9 Å². The number of ether oxygens (including phenoxy) is 1.